The number of aryl methyl sites for hydroxylation is 1. The van der Waals surface area contributed by atoms with Crippen LogP contribution in [-0.2, 0) is 11.2 Å². The topological polar surface area (TPSA) is 41.1 Å². The Labute approximate surface area is 137 Å². The van der Waals surface area contributed by atoms with Gasteiger partial charge in [-0.3, -0.25) is 4.79 Å². The van der Waals surface area contributed by atoms with Crippen LogP contribution in [0.3, 0.4) is 0 Å². The van der Waals surface area contributed by atoms with Crippen LogP contribution in [0.1, 0.15) is 24.5 Å². The third-order valence-electron chi connectivity index (χ3n) is 4.10. The second-order valence-corrected chi connectivity index (χ2v) is 5.90. The molecule has 0 saturated carbocycles. The van der Waals surface area contributed by atoms with Gasteiger partial charge in [0.2, 0.25) is 5.91 Å². The fourth-order valence-electron chi connectivity index (χ4n) is 2.83. The average Bonchev–Trinajstić information content (AvgIpc) is 2.59. The molecule has 3 nitrogen and oxygen atoms in total. The molecule has 116 valence electrons. The minimum atomic E-state index is 0.0378. The molecule has 3 rings (SSSR count). The number of fused-ring (bicyclic) bond motifs is 1. The Bertz CT molecular complexity index is 710. The van der Waals surface area contributed by atoms with E-state index in [2.05, 4.69) is 71.1 Å². The molecule has 0 saturated heterocycles. The largest absolute Gasteiger partial charge is 0.420 e. The maximum absolute atomic E-state index is 10.8. The summed E-state index contributed by atoms with van der Waals surface area (Å²) in [6, 6.07) is 17.1. The molecule has 1 aliphatic rings. The summed E-state index contributed by atoms with van der Waals surface area (Å²) < 4.78 is 0. The van der Waals surface area contributed by atoms with Gasteiger partial charge in [0.25, 0.3) is 0 Å². The summed E-state index contributed by atoms with van der Waals surface area (Å²) in [6.07, 6.45) is 4.13. The van der Waals surface area contributed by atoms with Crippen LogP contribution in [0, 0.1) is 0 Å². The molecule has 1 amide bonds. The monoisotopic (exact) mass is 304 g/mol. The van der Waals surface area contributed by atoms with Gasteiger partial charge in [0.15, 0.2) is 0 Å². The van der Waals surface area contributed by atoms with Crippen molar-refractivity contribution in [1.29, 1.82) is 0 Å². The van der Waals surface area contributed by atoms with E-state index in [0.29, 0.717) is 0 Å². The Morgan fingerprint density at radius 2 is 1.91 bits per heavy atom. The summed E-state index contributed by atoms with van der Waals surface area (Å²) in [4.78, 5) is 10.8. The Kier molecular flexibility index (Phi) is 4.81. The van der Waals surface area contributed by atoms with E-state index in [1.54, 1.807) is 6.92 Å². The van der Waals surface area contributed by atoms with Crippen molar-refractivity contribution in [3.8, 4) is 0 Å². The van der Waals surface area contributed by atoms with Crippen LogP contribution in [0.2, 0.25) is 0 Å². The van der Waals surface area contributed by atoms with Gasteiger partial charge in [0.05, 0.1) is 0 Å². The highest BCUT2D eigenvalue weighted by Gasteiger charge is 2.18. The molecule has 23 heavy (non-hydrogen) atoms. The fourth-order valence-corrected chi connectivity index (χ4v) is 2.83. The molecule has 2 aromatic carbocycles. The van der Waals surface area contributed by atoms with Gasteiger partial charge in [0.1, 0.15) is 0 Å². The van der Waals surface area contributed by atoms with Crippen LogP contribution in [0.25, 0.3) is 6.08 Å². The number of hydrogen-bond donors (Lipinski definition) is 2. The van der Waals surface area contributed by atoms with Crippen LogP contribution >= 0.6 is 0 Å². The molecule has 2 N–H and O–H groups in total. The summed E-state index contributed by atoms with van der Waals surface area (Å²) in [5.41, 5.74) is 4.98. The van der Waals surface area contributed by atoms with Crippen LogP contribution in [0.4, 0.5) is 5.69 Å². The van der Waals surface area contributed by atoms with Crippen molar-refractivity contribution in [3.05, 3.63) is 65.6 Å². The maximum atomic E-state index is 10.8. The number of benzene rings is 2. The number of anilines is 1. The van der Waals surface area contributed by atoms with Gasteiger partial charge in [-0.05, 0) is 30.0 Å². The Hall–Kier alpha value is -2.49. The van der Waals surface area contributed by atoms with Crippen molar-refractivity contribution in [2.75, 3.05) is 11.8 Å². The molecular weight excluding hydrogens is 283 g/mol. The standard InChI is InChI=1S/C19H21BN2O/c1-15(23)21-14-4-5-16-8-10-18(11-9-16)20-13-12-17-6-2-3-7-19(17)22-20/h2-3,6-13,22H,4-5,14H2,1H3,(H,21,23). The molecule has 0 aliphatic carbocycles. The van der Waals surface area contributed by atoms with Crippen LogP contribution in [-0.4, -0.2) is 19.3 Å². The van der Waals surface area contributed by atoms with Gasteiger partial charge < -0.3 is 10.5 Å². The van der Waals surface area contributed by atoms with E-state index in [0.717, 1.165) is 19.4 Å². The van der Waals surface area contributed by atoms with Crippen molar-refractivity contribution in [2.24, 2.45) is 0 Å². The molecule has 4 heteroatoms. The third-order valence-corrected chi connectivity index (χ3v) is 4.10. The smallest absolute Gasteiger partial charge is 0.313 e. The normalized spacial score (nSPS) is 12.5. The van der Waals surface area contributed by atoms with Crippen LogP contribution < -0.4 is 16.0 Å². The summed E-state index contributed by atoms with van der Waals surface area (Å²) in [5.74, 6) is 2.24. The molecule has 1 aliphatic heterocycles. The Morgan fingerprint density at radius 1 is 1.13 bits per heavy atom. The first-order valence-corrected chi connectivity index (χ1v) is 8.09. The summed E-state index contributed by atoms with van der Waals surface area (Å²) in [6.45, 7) is 2.51. The highest BCUT2D eigenvalue weighted by atomic mass is 16.1. The lowest BCUT2D eigenvalue weighted by atomic mass is 9.54. The van der Waals surface area contributed by atoms with Crippen LogP contribution in [0.15, 0.2) is 54.5 Å². The second-order valence-electron chi connectivity index (χ2n) is 5.90. The zero-order valence-corrected chi connectivity index (χ0v) is 13.4. The molecule has 0 radical (unpaired) electrons. The first-order valence-electron chi connectivity index (χ1n) is 8.09. The van der Waals surface area contributed by atoms with Crippen molar-refractivity contribution in [3.63, 3.8) is 0 Å². The van der Waals surface area contributed by atoms with Crippen molar-refractivity contribution in [2.45, 2.75) is 19.8 Å². The predicted octanol–water partition coefficient (Wildman–Crippen LogP) is 2.63. The SMILES string of the molecule is CC(=O)NCCCc1ccc(B2C=Cc3ccccc3N2)cc1. The Balaban J connectivity index is 1.59. The number of amides is 1. The summed E-state index contributed by atoms with van der Waals surface area (Å²) in [5, 5.41) is 6.39. The van der Waals surface area contributed by atoms with Crippen molar-refractivity contribution >= 4 is 30.0 Å². The third kappa shape index (κ3) is 4.04. The molecule has 2 aromatic rings. The predicted molar refractivity (Wildman–Crippen MR) is 97.9 cm³/mol. The zero-order valence-electron chi connectivity index (χ0n) is 13.4. The minimum Gasteiger partial charge on any atom is -0.420 e. The van der Waals surface area contributed by atoms with E-state index < -0.39 is 0 Å². The van der Waals surface area contributed by atoms with Crippen LogP contribution in [0.5, 0.6) is 0 Å². The number of nitrogens with one attached hydrogen (secondary N) is 2. The lowest BCUT2D eigenvalue weighted by molar-refractivity contribution is -0.118. The molecule has 1 heterocycles. The highest BCUT2D eigenvalue weighted by Crippen LogP contribution is 2.21. The first kappa shape index (κ1) is 15.4. The summed E-state index contributed by atoms with van der Waals surface area (Å²) in [7, 11) is 0. The summed E-state index contributed by atoms with van der Waals surface area (Å²) >= 11 is 0. The lowest BCUT2D eigenvalue weighted by Gasteiger charge is -2.20. The second kappa shape index (κ2) is 7.18. The maximum Gasteiger partial charge on any atom is 0.313 e. The van der Waals surface area contributed by atoms with Gasteiger partial charge in [-0.15, -0.1) is 0 Å². The molecule has 0 atom stereocenters. The molecule has 0 bridgehead atoms. The molecule has 0 fully saturated rings. The van der Waals surface area contributed by atoms with Gasteiger partial charge >= 0.3 is 6.85 Å². The van der Waals surface area contributed by atoms with Gasteiger partial charge in [-0.1, -0.05) is 60.0 Å². The highest BCUT2D eigenvalue weighted by molar-refractivity contribution is 6.81. The van der Waals surface area contributed by atoms with E-state index in [1.807, 2.05) is 0 Å². The number of rotatable bonds is 5. The van der Waals surface area contributed by atoms with Crippen molar-refractivity contribution in [1.82, 2.24) is 5.32 Å². The lowest BCUT2D eigenvalue weighted by Crippen LogP contribution is -2.38. The zero-order chi connectivity index (χ0) is 16.1. The van der Waals surface area contributed by atoms with Gasteiger partial charge in [-0.2, -0.15) is 0 Å². The van der Waals surface area contributed by atoms with E-state index in [4.69, 9.17) is 0 Å². The van der Waals surface area contributed by atoms with Gasteiger partial charge in [-0.25, -0.2) is 0 Å². The van der Waals surface area contributed by atoms with Gasteiger partial charge in [0, 0.05) is 19.2 Å². The molecular formula is C19H21BN2O. The number of carbonyl (C=O) groups is 1. The number of carbonyl (C=O) groups excluding carboxylic acids is 1. The molecule has 0 spiro atoms. The Morgan fingerprint density at radius 3 is 2.70 bits per heavy atom. The first-order chi connectivity index (χ1) is 11.2. The molecule has 0 aromatic heterocycles. The van der Waals surface area contributed by atoms with E-state index in [9.17, 15) is 4.79 Å². The van der Waals surface area contributed by atoms with Crippen molar-refractivity contribution < 1.29 is 4.79 Å². The quantitative estimate of drug-likeness (QED) is 0.658. The fraction of sp³-hybridized carbons (Fsp3) is 0.211. The minimum absolute atomic E-state index is 0.0378. The average molecular weight is 304 g/mol. The number of hydrogen-bond acceptors (Lipinski definition) is 2. The molecule has 0 unspecified atom stereocenters. The van der Waals surface area contributed by atoms with E-state index in [-0.39, 0.29) is 12.8 Å². The van der Waals surface area contributed by atoms with E-state index >= 15 is 0 Å². The number of para-hydroxylation sites is 1. The van der Waals surface area contributed by atoms with E-state index in [1.165, 1.54) is 22.3 Å².